The van der Waals surface area contributed by atoms with Gasteiger partial charge in [0.05, 0.1) is 16.5 Å². The van der Waals surface area contributed by atoms with E-state index in [1.807, 2.05) is 12.1 Å². The van der Waals surface area contributed by atoms with E-state index >= 15 is 0 Å². The molecule has 4 N–H and O–H groups in total. The molecule has 1 unspecified atom stereocenters. The van der Waals surface area contributed by atoms with Gasteiger partial charge in [-0.05, 0) is 18.6 Å². The Morgan fingerprint density at radius 1 is 1.44 bits per heavy atom. The predicted octanol–water partition coefficient (Wildman–Crippen LogP) is 1.29. The molecule has 1 atom stereocenters. The van der Waals surface area contributed by atoms with Gasteiger partial charge in [-0.3, -0.25) is 4.79 Å². The summed E-state index contributed by atoms with van der Waals surface area (Å²) >= 11 is 11.1. The van der Waals surface area contributed by atoms with Gasteiger partial charge in [-0.1, -0.05) is 29.9 Å². The van der Waals surface area contributed by atoms with Crippen LogP contribution in [0.2, 0.25) is 5.02 Å². The van der Waals surface area contributed by atoms with Crippen molar-refractivity contribution < 1.29 is 4.79 Å². The van der Waals surface area contributed by atoms with E-state index in [-0.39, 0.29) is 16.8 Å². The molecule has 96 valence electrons. The molecule has 0 bridgehead atoms. The molecule has 1 heterocycles. The van der Waals surface area contributed by atoms with E-state index in [9.17, 15) is 4.79 Å². The number of thiocarbonyl (C=S) groups is 1. The van der Waals surface area contributed by atoms with Gasteiger partial charge in [0, 0.05) is 18.8 Å². The zero-order valence-electron chi connectivity index (χ0n) is 9.73. The zero-order chi connectivity index (χ0) is 13.3. The molecule has 0 spiro atoms. The second kappa shape index (κ2) is 5.12. The molecule has 6 heteroatoms. The lowest BCUT2D eigenvalue weighted by Crippen LogP contribution is -2.28. The molecule has 0 aliphatic carbocycles. The highest BCUT2D eigenvalue weighted by Gasteiger charge is 2.28. The Morgan fingerprint density at radius 3 is 2.72 bits per heavy atom. The van der Waals surface area contributed by atoms with Crippen LogP contribution in [0.25, 0.3) is 0 Å². The lowest BCUT2D eigenvalue weighted by Gasteiger charge is -2.22. The van der Waals surface area contributed by atoms with Crippen molar-refractivity contribution in [2.45, 2.75) is 6.42 Å². The minimum absolute atomic E-state index is 0.122. The van der Waals surface area contributed by atoms with Gasteiger partial charge in [-0.15, -0.1) is 0 Å². The Labute approximate surface area is 116 Å². The maximum Gasteiger partial charge on any atom is 0.222 e. The van der Waals surface area contributed by atoms with Gasteiger partial charge in [0.2, 0.25) is 5.91 Å². The molecule has 0 radical (unpaired) electrons. The summed E-state index contributed by atoms with van der Waals surface area (Å²) in [6.07, 6.45) is 0.749. The van der Waals surface area contributed by atoms with E-state index in [4.69, 9.17) is 35.3 Å². The molecule has 1 aromatic rings. The summed E-state index contributed by atoms with van der Waals surface area (Å²) in [4.78, 5) is 13.5. The maximum atomic E-state index is 11.2. The molecule has 1 amide bonds. The third kappa shape index (κ3) is 2.42. The van der Waals surface area contributed by atoms with Gasteiger partial charge in [-0.2, -0.15) is 0 Å². The van der Waals surface area contributed by atoms with Gasteiger partial charge in [0.15, 0.2) is 0 Å². The number of nitrogens with two attached hydrogens (primary N) is 2. The van der Waals surface area contributed by atoms with Gasteiger partial charge >= 0.3 is 0 Å². The number of carbonyl (C=O) groups excluding carboxylic acids is 1. The number of primary amides is 1. The predicted molar refractivity (Wildman–Crippen MR) is 76.9 cm³/mol. The van der Waals surface area contributed by atoms with Crippen LogP contribution in [0.15, 0.2) is 18.2 Å². The fourth-order valence-corrected chi connectivity index (χ4v) is 2.77. The summed E-state index contributed by atoms with van der Waals surface area (Å²) in [6.45, 7) is 1.34. The lowest BCUT2D eigenvalue weighted by atomic mass is 10.1. The fraction of sp³-hybridized carbons (Fsp3) is 0.333. The Hall–Kier alpha value is -1.33. The number of anilines is 1. The number of carbonyl (C=O) groups is 1. The maximum absolute atomic E-state index is 11.2. The first-order chi connectivity index (χ1) is 8.50. The van der Waals surface area contributed by atoms with E-state index in [0.29, 0.717) is 17.1 Å². The average Bonchev–Trinajstić information content (AvgIpc) is 2.77. The van der Waals surface area contributed by atoms with Crippen molar-refractivity contribution in [3.63, 3.8) is 0 Å². The standard InChI is InChI=1S/C12H14ClN3OS/c13-8-2-1-3-9(10(8)12(15)18)16-5-4-7(6-16)11(14)17/h1-3,7H,4-6H2,(H2,14,17)(H2,15,18). The summed E-state index contributed by atoms with van der Waals surface area (Å²) < 4.78 is 0. The van der Waals surface area contributed by atoms with E-state index in [1.165, 1.54) is 0 Å². The van der Waals surface area contributed by atoms with Crippen LogP contribution >= 0.6 is 23.8 Å². The second-order valence-electron chi connectivity index (χ2n) is 4.33. The van der Waals surface area contributed by atoms with Crippen molar-refractivity contribution in [3.05, 3.63) is 28.8 Å². The molecule has 2 rings (SSSR count). The summed E-state index contributed by atoms with van der Waals surface area (Å²) in [5.74, 6) is -0.389. The fourth-order valence-electron chi connectivity index (χ4n) is 2.23. The highest BCUT2D eigenvalue weighted by atomic mass is 35.5. The van der Waals surface area contributed by atoms with E-state index < -0.39 is 0 Å². The second-order valence-corrected chi connectivity index (χ2v) is 5.18. The van der Waals surface area contributed by atoms with E-state index in [1.54, 1.807) is 6.07 Å². The van der Waals surface area contributed by atoms with Crippen LogP contribution in [0.5, 0.6) is 0 Å². The van der Waals surface area contributed by atoms with Crippen LogP contribution in [0, 0.1) is 5.92 Å². The van der Waals surface area contributed by atoms with Crippen LogP contribution in [0.3, 0.4) is 0 Å². The molecule has 0 aromatic heterocycles. The normalized spacial score (nSPS) is 18.9. The average molecular weight is 284 g/mol. The highest BCUT2D eigenvalue weighted by Crippen LogP contribution is 2.31. The monoisotopic (exact) mass is 283 g/mol. The number of halogens is 1. The third-order valence-corrected chi connectivity index (χ3v) is 3.69. The molecule has 1 saturated heterocycles. The van der Waals surface area contributed by atoms with Crippen molar-refractivity contribution in [2.75, 3.05) is 18.0 Å². The quantitative estimate of drug-likeness (QED) is 0.820. The topological polar surface area (TPSA) is 72.4 Å². The Kier molecular flexibility index (Phi) is 3.73. The molecule has 0 saturated carbocycles. The minimum Gasteiger partial charge on any atom is -0.389 e. The smallest absolute Gasteiger partial charge is 0.222 e. The molecule has 1 fully saturated rings. The first-order valence-corrected chi connectivity index (χ1v) is 6.42. The summed E-state index contributed by atoms with van der Waals surface area (Å²) in [5, 5.41) is 0.530. The summed E-state index contributed by atoms with van der Waals surface area (Å²) in [6, 6.07) is 5.50. The van der Waals surface area contributed by atoms with Gasteiger partial charge in [0.25, 0.3) is 0 Å². The number of rotatable bonds is 3. The molecule has 1 aliphatic rings. The first kappa shape index (κ1) is 13.1. The molecule has 1 aromatic carbocycles. The molecular weight excluding hydrogens is 270 g/mol. The number of benzene rings is 1. The largest absolute Gasteiger partial charge is 0.389 e. The Balaban J connectivity index is 2.32. The van der Waals surface area contributed by atoms with Gasteiger partial charge < -0.3 is 16.4 Å². The first-order valence-electron chi connectivity index (χ1n) is 5.63. The van der Waals surface area contributed by atoms with Crippen LogP contribution in [-0.4, -0.2) is 24.0 Å². The van der Waals surface area contributed by atoms with Crippen molar-refractivity contribution in [1.29, 1.82) is 0 Å². The highest BCUT2D eigenvalue weighted by molar-refractivity contribution is 7.80. The van der Waals surface area contributed by atoms with Crippen LogP contribution in [0.4, 0.5) is 5.69 Å². The van der Waals surface area contributed by atoms with Crippen LogP contribution in [0.1, 0.15) is 12.0 Å². The Bertz CT molecular complexity index is 506. The number of amides is 1. The molecule has 1 aliphatic heterocycles. The third-order valence-electron chi connectivity index (χ3n) is 3.17. The van der Waals surface area contributed by atoms with Crippen LogP contribution < -0.4 is 16.4 Å². The summed E-state index contributed by atoms with van der Waals surface area (Å²) in [5.41, 5.74) is 12.6. The summed E-state index contributed by atoms with van der Waals surface area (Å²) in [7, 11) is 0. The van der Waals surface area contributed by atoms with E-state index in [0.717, 1.165) is 18.7 Å². The molecule has 18 heavy (non-hydrogen) atoms. The van der Waals surface area contributed by atoms with Crippen molar-refractivity contribution in [2.24, 2.45) is 17.4 Å². The lowest BCUT2D eigenvalue weighted by molar-refractivity contribution is -0.121. The Morgan fingerprint density at radius 2 is 2.17 bits per heavy atom. The number of nitrogens with zero attached hydrogens (tertiary/aromatic N) is 1. The van der Waals surface area contributed by atoms with Crippen molar-refractivity contribution >= 4 is 40.4 Å². The number of hydrogen-bond acceptors (Lipinski definition) is 3. The zero-order valence-corrected chi connectivity index (χ0v) is 11.3. The van der Waals surface area contributed by atoms with Crippen molar-refractivity contribution in [3.8, 4) is 0 Å². The minimum atomic E-state index is -0.267. The van der Waals surface area contributed by atoms with Crippen LogP contribution in [-0.2, 0) is 4.79 Å². The van der Waals surface area contributed by atoms with Gasteiger partial charge in [0.1, 0.15) is 4.99 Å². The molecular formula is C12H14ClN3OS. The number of hydrogen-bond donors (Lipinski definition) is 2. The van der Waals surface area contributed by atoms with Crippen molar-refractivity contribution in [1.82, 2.24) is 0 Å². The van der Waals surface area contributed by atoms with E-state index in [2.05, 4.69) is 4.90 Å². The molecule has 4 nitrogen and oxygen atoms in total. The SMILES string of the molecule is NC(=O)C1CCN(c2cccc(Cl)c2C(N)=S)C1. The van der Waals surface area contributed by atoms with Gasteiger partial charge in [-0.25, -0.2) is 0 Å².